The fourth-order valence-corrected chi connectivity index (χ4v) is 2.67. The molecular weight excluding hydrogens is 343 g/mol. The van der Waals surface area contributed by atoms with Crippen LogP contribution in [0.25, 0.3) is 0 Å². The number of methoxy groups -OCH3 is 2. The summed E-state index contributed by atoms with van der Waals surface area (Å²) in [5, 5.41) is 2.56. The van der Waals surface area contributed by atoms with E-state index in [0.29, 0.717) is 22.1 Å². The Hall–Kier alpha value is -3.42. The number of amides is 3. The average molecular weight is 358 g/mol. The summed E-state index contributed by atoms with van der Waals surface area (Å²) in [6.45, 7) is -0.541. The number of benzene rings is 2. The van der Waals surface area contributed by atoms with E-state index in [9.17, 15) is 18.8 Å². The van der Waals surface area contributed by atoms with Gasteiger partial charge in [0.25, 0.3) is 11.8 Å². The second-order valence-corrected chi connectivity index (χ2v) is 5.47. The van der Waals surface area contributed by atoms with Gasteiger partial charge < -0.3 is 14.8 Å². The molecule has 1 aliphatic heterocycles. The zero-order valence-corrected chi connectivity index (χ0v) is 14.0. The van der Waals surface area contributed by atoms with Crippen LogP contribution in [0.5, 0.6) is 11.5 Å². The molecule has 1 aliphatic rings. The first-order valence-electron chi connectivity index (χ1n) is 7.63. The van der Waals surface area contributed by atoms with Gasteiger partial charge in [0, 0.05) is 6.07 Å². The van der Waals surface area contributed by atoms with Gasteiger partial charge in [0.15, 0.2) is 0 Å². The highest BCUT2D eigenvalue weighted by Gasteiger charge is 2.38. The molecule has 0 saturated carbocycles. The summed E-state index contributed by atoms with van der Waals surface area (Å²) in [5.41, 5.74) is -0.0155. The maximum absolute atomic E-state index is 13.8. The number of halogens is 1. The molecule has 0 saturated heterocycles. The van der Waals surface area contributed by atoms with Gasteiger partial charge >= 0.3 is 0 Å². The molecule has 0 unspecified atom stereocenters. The van der Waals surface area contributed by atoms with Crippen molar-refractivity contribution in [3.63, 3.8) is 0 Å². The van der Waals surface area contributed by atoms with Crippen molar-refractivity contribution in [2.24, 2.45) is 0 Å². The molecule has 7 nitrogen and oxygen atoms in total. The van der Waals surface area contributed by atoms with Crippen LogP contribution < -0.4 is 14.8 Å². The van der Waals surface area contributed by atoms with Crippen LogP contribution >= 0.6 is 0 Å². The average Bonchev–Trinajstić information content (AvgIpc) is 2.88. The zero-order chi connectivity index (χ0) is 18.8. The van der Waals surface area contributed by atoms with Crippen molar-refractivity contribution >= 4 is 23.4 Å². The molecule has 2 aromatic carbocycles. The summed E-state index contributed by atoms with van der Waals surface area (Å²) in [5.74, 6) is -2.06. The van der Waals surface area contributed by atoms with Gasteiger partial charge in [0.05, 0.1) is 31.0 Å². The van der Waals surface area contributed by atoms with E-state index in [1.807, 2.05) is 0 Å². The minimum Gasteiger partial charge on any atom is -0.497 e. The minimum atomic E-state index is -0.833. The molecule has 0 fully saturated rings. The standard InChI is InChI=1S/C18H15FN2O5/c1-25-10-6-7-13(14(8-10)26-2)20-15(22)9-21-17(23)11-4-3-5-12(19)16(11)18(21)24/h3-8H,9H2,1-2H3,(H,20,22). The van der Waals surface area contributed by atoms with E-state index in [-0.39, 0.29) is 11.1 Å². The highest BCUT2D eigenvalue weighted by atomic mass is 19.1. The van der Waals surface area contributed by atoms with Gasteiger partial charge in [-0.25, -0.2) is 4.39 Å². The first kappa shape index (κ1) is 17.4. The monoisotopic (exact) mass is 358 g/mol. The molecule has 26 heavy (non-hydrogen) atoms. The van der Waals surface area contributed by atoms with Crippen LogP contribution in [0.4, 0.5) is 10.1 Å². The first-order chi connectivity index (χ1) is 12.5. The van der Waals surface area contributed by atoms with Gasteiger partial charge in [-0.05, 0) is 24.3 Å². The third kappa shape index (κ3) is 2.97. The lowest BCUT2D eigenvalue weighted by Crippen LogP contribution is -2.37. The molecule has 0 aromatic heterocycles. The van der Waals surface area contributed by atoms with Gasteiger partial charge in [-0.15, -0.1) is 0 Å². The second-order valence-electron chi connectivity index (χ2n) is 5.47. The largest absolute Gasteiger partial charge is 0.497 e. The minimum absolute atomic E-state index is 0.0511. The molecule has 3 rings (SSSR count). The molecule has 1 N–H and O–H groups in total. The number of rotatable bonds is 5. The summed E-state index contributed by atoms with van der Waals surface area (Å²) in [4.78, 5) is 37.5. The lowest BCUT2D eigenvalue weighted by atomic mass is 10.1. The Kier molecular flexibility index (Phi) is 4.57. The van der Waals surface area contributed by atoms with Crippen molar-refractivity contribution in [2.75, 3.05) is 26.1 Å². The third-order valence-corrected chi connectivity index (χ3v) is 3.93. The Balaban J connectivity index is 1.77. The molecule has 2 aromatic rings. The predicted molar refractivity (Wildman–Crippen MR) is 89.9 cm³/mol. The molecular formula is C18H15FN2O5. The van der Waals surface area contributed by atoms with Gasteiger partial charge in [-0.3, -0.25) is 19.3 Å². The normalized spacial score (nSPS) is 12.8. The van der Waals surface area contributed by atoms with Crippen molar-refractivity contribution in [1.82, 2.24) is 4.90 Å². The first-order valence-corrected chi connectivity index (χ1v) is 7.63. The summed E-state index contributed by atoms with van der Waals surface area (Å²) in [6.07, 6.45) is 0. The van der Waals surface area contributed by atoms with Crippen LogP contribution in [0.15, 0.2) is 36.4 Å². The number of hydrogen-bond donors (Lipinski definition) is 1. The zero-order valence-electron chi connectivity index (χ0n) is 14.0. The van der Waals surface area contributed by atoms with Crippen LogP contribution in [0.3, 0.4) is 0 Å². The van der Waals surface area contributed by atoms with E-state index in [2.05, 4.69) is 5.32 Å². The quantitative estimate of drug-likeness (QED) is 0.827. The number of carbonyl (C=O) groups excluding carboxylic acids is 3. The number of fused-ring (bicyclic) bond motifs is 1. The van der Waals surface area contributed by atoms with E-state index >= 15 is 0 Å². The van der Waals surface area contributed by atoms with Crippen LogP contribution in [0.1, 0.15) is 20.7 Å². The lowest BCUT2D eigenvalue weighted by molar-refractivity contribution is -0.116. The van der Waals surface area contributed by atoms with Crippen molar-refractivity contribution < 1.29 is 28.2 Å². The number of nitrogens with zero attached hydrogens (tertiary/aromatic N) is 1. The van der Waals surface area contributed by atoms with Crippen molar-refractivity contribution in [2.45, 2.75) is 0 Å². The SMILES string of the molecule is COc1ccc(NC(=O)CN2C(=O)c3cccc(F)c3C2=O)c(OC)c1. The van der Waals surface area contributed by atoms with Crippen LogP contribution in [0.2, 0.25) is 0 Å². The van der Waals surface area contributed by atoms with Crippen LogP contribution in [-0.2, 0) is 4.79 Å². The lowest BCUT2D eigenvalue weighted by Gasteiger charge is -2.15. The van der Waals surface area contributed by atoms with Crippen molar-refractivity contribution in [3.8, 4) is 11.5 Å². The Bertz CT molecular complexity index is 912. The number of imide groups is 1. The molecule has 134 valence electrons. The summed E-state index contributed by atoms with van der Waals surface area (Å²) in [7, 11) is 2.92. The number of carbonyl (C=O) groups is 3. The van der Waals surface area contributed by atoms with Crippen LogP contribution in [0, 0.1) is 5.82 Å². The molecule has 0 atom stereocenters. The molecule has 0 spiro atoms. The van der Waals surface area contributed by atoms with Crippen molar-refractivity contribution in [3.05, 3.63) is 53.3 Å². The Morgan fingerprint density at radius 2 is 1.88 bits per heavy atom. The van der Waals surface area contributed by atoms with Crippen LogP contribution in [-0.4, -0.2) is 43.4 Å². The van der Waals surface area contributed by atoms with E-state index < -0.39 is 30.1 Å². The van der Waals surface area contributed by atoms with E-state index in [0.717, 1.165) is 6.07 Å². The summed E-state index contributed by atoms with van der Waals surface area (Å²) >= 11 is 0. The second kappa shape index (κ2) is 6.83. The van der Waals surface area contributed by atoms with E-state index in [1.165, 1.54) is 26.4 Å². The number of ether oxygens (including phenoxy) is 2. The van der Waals surface area contributed by atoms with Crippen molar-refractivity contribution in [1.29, 1.82) is 0 Å². The highest BCUT2D eigenvalue weighted by molar-refractivity contribution is 6.22. The number of anilines is 1. The molecule has 0 aliphatic carbocycles. The highest BCUT2D eigenvalue weighted by Crippen LogP contribution is 2.29. The maximum Gasteiger partial charge on any atom is 0.265 e. The van der Waals surface area contributed by atoms with Gasteiger partial charge in [0.1, 0.15) is 23.9 Å². The molecule has 1 heterocycles. The molecule has 0 bridgehead atoms. The maximum atomic E-state index is 13.8. The third-order valence-electron chi connectivity index (χ3n) is 3.93. The molecule has 3 amide bonds. The summed E-state index contributed by atoms with van der Waals surface area (Å²) in [6, 6.07) is 8.55. The molecule has 8 heteroatoms. The van der Waals surface area contributed by atoms with Gasteiger partial charge in [0.2, 0.25) is 5.91 Å². The predicted octanol–water partition coefficient (Wildman–Crippen LogP) is 2.08. The van der Waals surface area contributed by atoms with Gasteiger partial charge in [-0.1, -0.05) is 6.07 Å². The van der Waals surface area contributed by atoms with E-state index in [1.54, 1.807) is 18.2 Å². The fraction of sp³-hybridized carbons (Fsp3) is 0.167. The fourth-order valence-electron chi connectivity index (χ4n) is 2.67. The molecule has 0 radical (unpaired) electrons. The van der Waals surface area contributed by atoms with E-state index in [4.69, 9.17) is 9.47 Å². The number of nitrogens with one attached hydrogen (secondary N) is 1. The Labute approximate surface area is 148 Å². The Morgan fingerprint density at radius 1 is 1.12 bits per heavy atom. The van der Waals surface area contributed by atoms with Gasteiger partial charge in [-0.2, -0.15) is 0 Å². The summed E-state index contributed by atoms with van der Waals surface area (Å²) < 4.78 is 24.1. The topological polar surface area (TPSA) is 84.9 Å². The smallest absolute Gasteiger partial charge is 0.265 e. The number of hydrogen-bond acceptors (Lipinski definition) is 5. The Morgan fingerprint density at radius 3 is 2.54 bits per heavy atom.